The molecule has 0 aromatic rings. The fourth-order valence-electron chi connectivity index (χ4n) is 2.06. The monoisotopic (exact) mass is 280 g/mol. The van der Waals surface area contributed by atoms with Crippen LogP contribution in [0, 0.1) is 0 Å². The van der Waals surface area contributed by atoms with Gasteiger partial charge >= 0.3 is 5.97 Å². The number of hydrogen-bond donors (Lipinski definition) is 1. The van der Waals surface area contributed by atoms with Gasteiger partial charge in [0.1, 0.15) is 0 Å². The molecule has 0 spiro atoms. The highest BCUT2D eigenvalue weighted by atomic mass is 16.4. The van der Waals surface area contributed by atoms with Crippen molar-refractivity contribution in [3.63, 3.8) is 0 Å². The third-order valence-corrected chi connectivity index (χ3v) is 3.31. The van der Waals surface area contributed by atoms with Crippen molar-refractivity contribution < 1.29 is 9.90 Å². The molecule has 0 aliphatic carbocycles. The van der Waals surface area contributed by atoms with E-state index in [1.54, 1.807) is 0 Å². The summed E-state index contributed by atoms with van der Waals surface area (Å²) in [5.41, 5.74) is 0. The highest BCUT2D eigenvalue weighted by Gasteiger charge is 1.93. The van der Waals surface area contributed by atoms with Gasteiger partial charge in [-0.1, -0.05) is 50.5 Å². The molecule has 116 valence electrons. The molecule has 0 aromatic carbocycles. The van der Waals surface area contributed by atoms with Gasteiger partial charge in [-0.2, -0.15) is 0 Å². The molecule has 0 heterocycles. The third kappa shape index (κ3) is 16.9. The van der Waals surface area contributed by atoms with Gasteiger partial charge < -0.3 is 5.11 Å². The molecule has 1 N–H and O–H groups in total. The smallest absolute Gasteiger partial charge is 0.303 e. The lowest BCUT2D eigenvalue weighted by atomic mass is 10.1. The minimum atomic E-state index is -0.693. The van der Waals surface area contributed by atoms with Crippen molar-refractivity contribution in [2.75, 3.05) is 0 Å². The molecule has 20 heavy (non-hydrogen) atoms. The van der Waals surface area contributed by atoms with Gasteiger partial charge in [-0.15, -0.1) is 0 Å². The SMILES string of the molecule is CCCCCC=CCCCCC/C=C\CCCC(=O)O. The Morgan fingerprint density at radius 1 is 0.750 bits per heavy atom. The molecular formula is C18H32O2. The van der Waals surface area contributed by atoms with Crippen LogP contribution in [-0.4, -0.2) is 11.1 Å². The van der Waals surface area contributed by atoms with Crippen LogP contribution in [0.2, 0.25) is 0 Å². The number of aliphatic carboxylic acids is 1. The highest BCUT2D eigenvalue weighted by Crippen LogP contribution is 2.07. The minimum Gasteiger partial charge on any atom is -0.481 e. The first kappa shape index (κ1) is 18.9. The van der Waals surface area contributed by atoms with Gasteiger partial charge in [0, 0.05) is 6.42 Å². The van der Waals surface area contributed by atoms with Crippen LogP contribution in [0.3, 0.4) is 0 Å². The van der Waals surface area contributed by atoms with Crippen molar-refractivity contribution in [3.8, 4) is 0 Å². The van der Waals surface area contributed by atoms with E-state index >= 15 is 0 Å². The Labute approximate surface area is 125 Å². The molecule has 2 heteroatoms. The molecule has 0 unspecified atom stereocenters. The Morgan fingerprint density at radius 2 is 1.20 bits per heavy atom. The van der Waals surface area contributed by atoms with E-state index in [9.17, 15) is 4.79 Å². The number of carboxylic acid groups (broad SMARTS) is 1. The zero-order valence-corrected chi connectivity index (χ0v) is 13.2. The summed E-state index contributed by atoms with van der Waals surface area (Å²) in [6.45, 7) is 2.24. The van der Waals surface area contributed by atoms with Gasteiger partial charge in [0.25, 0.3) is 0 Å². The largest absolute Gasteiger partial charge is 0.481 e. The van der Waals surface area contributed by atoms with Gasteiger partial charge in [-0.3, -0.25) is 4.79 Å². The van der Waals surface area contributed by atoms with Crippen LogP contribution in [0.25, 0.3) is 0 Å². The molecular weight excluding hydrogens is 248 g/mol. The van der Waals surface area contributed by atoms with E-state index in [2.05, 4.69) is 31.2 Å². The third-order valence-electron chi connectivity index (χ3n) is 3.31. The van der Waals surface area contributed by atoms with Gasteiger partial charge in [0.05, 0.1) is 0 Å². The maximum Gasteiger partial charge on any atom is 0.303 e. The topological polar surface area (TPSA) is 37.3 Å². The van der Waals surface area contributed by atoms with E-state index in [4.69, 9.17) is 5.11 Å². The van der Waals surface area contributed by atoms with Gasteiger partial charge in [-0.05, 0) is 51.4 Å². The predicted molar refractivity (Wildman–Crippen MR) is 87.0 cm³/mol. The van der Waals surface area contributed by atoms with E-state index in [1.807, 2.05) is 0 Å². The van der Waals surface area contributed by atoms with Crippen LogP contribution >= 0.6 is 0 Å². The Hall–Kier alpha value is -1.05. The molecule has 0 rings (SSSR count). The van der Waals surface area contributed by atoms with E-state index in [1.165, 1.54) is 51.4 Å². The first-order valence-electron chi connectivity index (χ1n) is 8.29. The van der Waals surface area contributed by atoms with Crippen molar-refractivity contribution in [2.45, 2.75) is 84.0 Å². The van der Waals surface area contributed by atoms with Crippen molar-refractivity contribution in [1.29, 1.82) is 0 Å². The van der Waals surface area contributed by atoms with Crippen LogP contribution in [-0.2, 0) is 4.79 Å². The summed E-state index contributed by atoms with van der Waals surface area (Å²) < 4.78 is 0. The summed E-state index contributed by atoms with van der Waals surface area (Å²) in [5.74, 6) is -0.693. The summed E-state index contributed by atoms with van der Waals surface area (Å²) in [6, 6.07) is 0. The van der Waals surface area contributed by atoms with Crippen LogP contribution in [0.5, 0.6) is 0 Å². The number of carbonyl (C=O) groups is 1. The second-order valence-electron chi connectivity index (χ2n) is 5.36. The van der Waals surface area contributed by atoms with Gasteiger partial charge in [0.2, 0.25) is 0 Å². The molecule has 0 bridgehead atoms. The molecule has 2 nitrogen and oxygen atoms in total. The van der Waals surface area contributed by atoms with Crippen LogP contribution in [0.15, 0.2) is 24.3 Å². The molecule has 0 aliphatic heterocycles. The van der Waals surface area contributed by atoms with Crippen molar-refractivity contribution in [3.05, 3.63) is 24.3 Å². The fourth-order valence-corrected chi connectivity index (χ4v) is 2.06. The summed E-state index contributed by atoms with van der Waals surface area (Å²) >= 11 is 0. The fraction of sp³-hybridized carbons (Fsp3) is 0.722. The maximum atomic E-state index is 10.3. The van der Waals surface area contributed by atoms with Crippen molar-refractivity contribution >= 4 is 5.97 Å². The molecule has 0 amide bonds. The van der Waals surface area contributed by atoms with Gasteiger partial charge in [-0.25, -0.2) is 0 Å². The number of unbranched alkanes of at least 4 members (excludes halogenated alkanes) is 8. The van der Waals surface area contributed by atoms with E-state index < -0.39 is 5.97 Å². The summed E-state index contributed by atoms with van der Waals surface area (Å²) in [4.78, 5) is 10.3. The first-order valence-corrected chi connectivity index (χ1v) is 8.29. The molecule has 0 radical (unpaired) electrons. The molecule has 0 aliphatic rings. The molecule has 0 fully saturated rings. The number of carboxylic acids is 1. The standard InChI is InChI=1S/C18H32O2/c1-2-3-4-5-6-7-8-9-10-11-12-13-14-15-16-17-18(19)20/h6-7,13-14H,2-5,8-12,15-17H2,1H3,(H,19,20)/b7-6?,14-13-. The normalized spacial score (nSPS) is 11.7. The second-order valence-corrected chi connectivity index (χ2v) is 5.36. The molecule has 0 atom stereocenters. The number of hydrogen-bond acceptors (Lipinski definition) is 1. The summed E-state index contributed by atoms with van der Waals surface area (Å²) in [5, 5.41) is 8.49. The van der Waals surface area contributed by atoms with E-state index in [0.29, 0.717) is 0 Å². The molecule has 0 saturated heterocycles. The highest BCUT2D eigenvalue weighted by molar-refractivity contribution is 5.66. The zero-order chi connectivity index (χ0) is 14.9. The molecule has 0 aromatic heterocycles. The van der Waals surface area contributed by atoms with Crippen LogP contribution < -0.4 is 0 Å². The van der Waals surface area contributed by atoms with Crippen molar-refractivity contribution in [1.82, 2.24) is 0 Å². The van der Waals surface area contributed by atoms with E-state index in [-0.39, 0.29) is 6.42 Å². The second kappa shape index (κ2) is 16.0. The maximum absolute atomic E-state index is 10.3. The molecule has 0 saturated carbocycles. The average molecular weight is 280 g/mol. The average Bonchev–Trinajstić information content (AvgIpc) is 2.43. The van der Waals surface area contributed by atoms with Gasteiger partial charge in [0.15, 0.2) is 0 Å². The van der Waals surface area contributed by atoms with Crippen molar-refractivity contribution in [2.24, 2.45) is 0 Å². The Balaban J connectivity index is 3.16. The van der Waals surface area contributed by atoms with E-state index in [0.717, 1.165) is 19.3 Å². The number of rotatable bonds is 14. The van der Waals surface area contributed by atoms with Crippen LogP contribution in [0.4, 0.5) is 0 Å². The quantitative estimate of drug-likeness (QED) is 0.318. The lowest BCUT2D eigenvalue weighted by Crippen LogP contribution is -1.92. The lowest BCUT2D eigenvalue weighted by Gasteiger charge is -1.96. The predicted octanol–water partition coefficient (Wildman–Crippen LogP) is 5.88. The Bertz CT molecular complexity index is 267. The number of allylic oxidation sites excluding steroid dienone is 4. The summed E-state index contributed by atoms with van der Waals surface area (Å²) in [7, 11) is 0. The van der Waals surface area contributed by atoms with Crippen LogP contribution in [0.1, 0.15) is 84.0 Å². The summed E-state index contributed by atoms with van der Waals surface area (Å²) in [6.07, 6.45) is 22.3. The lowest BCUT2D eigenvalue weighted by molar-refractivity contribution is -0.137. The minimum absolute atomic E-state index is 0.287. The first-order chi connectivity index (χ1) is 9.77. The Morgan fingerprint density at radius 3 is 1.65 bits per heavy atom. The zero-order valence-electron chi connectivity index (χ0n) is 13.2. The Kier molecular flexibility index (Phi) is 15.2.